The lowest BCUT2D eigenvalue weighted by Gasteiger charge is -2.42. The molecule has 0 unspecified atom stereocenters. The van der Waals surface area contributed by atoms with Gasteiger partial charge in [0.15, 0.2) is 0 Å². The van der Waals surface area contributed by atoms with Gasteiger partial charge in [-0.15, -0.1) is 0 Å². The number of hydrogen-bond acceptors (Lipinski definition) is 4. The summed E-state index contributed by atoms with van der Waals surface area (Å²) in [6, 6.07) is 5.25. The molecule has 1 saturated heterocycles. The molecule has 0 amide bonds. The molecule has 4 heteroatoms. The summed E-state index contributed by atoms with van der Waals surface area (Å²) in [5.41, 5.74) is 1.12. The van der Waals surface area contributed by atoms with Crippen molar-refractivity contribution in [2.75, 3.05) is 20.2 Å². The number of aliphatic hydroxyl groups is 1. The average molecular weight is 291 g/mol. The van der Waals surface area contributed by atoms with Crippen LogP contribution in [-0.4, -0.2) is 41.4 Å². The fourth-order valence-electron chi connectivity index (χ4n) is 4.12. The Kier molecular flexibility index (Phi) is 4.09. The Balaban J connectivity index is 1.74. The van der Waals surface area contributed by atoms with Gasteiger partial charge in [-0.25, -0.2) is 0 Å². The maximum atomic E-state index is 10.3. The molecule has 3 rings (SSSR count). The van der Waals surface area contributed by atoms with E-state index in [0.29, 0.717) is 0 Å². The molecule has 2 N–H and O–H groups in total. The van der Waals surface area contributed by atoms with Gasteiger partial charge in [0.1, 0.15) is 11.5 Å². The van der Waals surface area contributed by atoms with Crippen molar-refractivity contribution in [2.24, 2.45) is 5.41 Å². The minimum absolute atomic E-state index is 0.0995. The highest BCUT2D eigenvalue weighted by molar-refractivity contribution is 5.39. The number of benzene rings is 1. The highest BCUT2D eigenvalue weighted by atomic mass is 16.5. The second-order valence-corrected chi connectivity index (χ2v) is 6.58. The molecule has 1 aromatic rings. The molecule has 4 nitrogen and oxygen atoms in total. The summed E-state index contributed by atoms with van der Waals surface area (Å²) in [7, 11) is 1.66. The topological polar surface area (TPSA) is 52.9 Å². The van der Waals surface area contributed by atoms with Crippen molar-refractivity contribution in [3.05, 3.63) is 23.8 Å². The van der Waals surface area contributed by atoms with Crippen molar-refractivity contribution < 1.29 is 14.9 Å². The van der Waals surface area contributed by atoms with E-state index in [0.717, 1.165) is 63.1 Å². The predicted octanol–water partition coefficient (Wildman–Crippen LogP) is 2.53. The Hall–Kier alpha value is -1.26. The molecule has 21 heavy (non-hydrogen) atoms. The number of methoxy groups -OCH3 is 1. The van der Waals surface area contributed by atoms with Gasteiger partial charge in [-0.3, -0.25) is 4.90 Å². The van der Waals surface area contributed by atoms with E-state index in [-0.39, 0.29) is 17.3 Å². The van der Waals surface area contributed by atoms with Crippen molar-refractivity contribution >= 4 is 0 Å². The highest BCUT2D eigenvalue weighted by Crippen LogP contribution is 2.45. The molecule has 2 aliphatic rings. The third-order valence-corrected chi connectivity index (χ3v) is 5.20. The van der Waals surface area contributed by atoms with Gasteiger partial charge in [0.05, 0.1) is 13.2 Å². The van der Waals surface area contributed by atoms with Crippen molar-refractivity contribution in [3.8, 4) is 11.5 Å². The number of hydrogen-bond donors (Lipinski definition) is 2. The Bertz CT molecular complexity index is 505. The molecule has 1 saturated carbocycles. The molecule has 0 bridgehead atoms. The number of likely N-dealkylation sites (tertiary alicyclic amines) is 1. The average Bonchev–Trinajstić information content (AvgIpc) is 2.80. The van der Waals surface area contributed by atoms with Gasteiger partial charge >= 0.3 is 0 Å². The van der Waals surface area contributed by atoms with Gasteiger partial charge in [-0.2, -0.15) is 0 Å². The number of ether oxygens (including phenoxy) is 1. The normalized spacial score (nSPS) is 29.9. The van der Waals surface area contributed by atoms with Gasteiger partial charge in [0.2, 0.25) is 0 Å². The lowest BCUT2D eigenvalue weighted by molar-refractivity contribution is -0.0121. The molecule has 1 aliphatic carbocycles. The summed E-state index contributed by atoms with van der Waals surface area (Å²) in [5, 5.41) is 20.0. The minimum atomic E-state index is -0.147. The van der Waals surface area contributed by atoms with Crippen LogP contribution in [0.2, 0.25) is 0 Å². The predicted molar refractivity (Wildman–Crippen MR) is 81.5 cm³/mol. The molecule has 0 aromatic heterocycles. The molecule has 1 heterocycles. The summed E-state index contributed by atoms with van der Waals surface area (Å²) in [6.07, 6.45) is 5.36. The van der Waals surface area contributed by atoms with Crippen molar-refractivity contribution in [1.29, 1.82) is 0 Å². The van der Waals surface area contributed by atoms with Gasteiger partial charge < -0.3 is 14.9 Å². The van der Waals surface area contributed by atoms with Crippen LogP contribution >= 0.6 is 0 Å². The van der Waals surface area contributed by atoms with Crippen LogP contribution < -0.4 is 4.74 Å². The van der Waals surface area contributed by atoms with Gasteiger partial charge in [-0.1, -0.05) is 6.42 Å². The lowest BCUT2D eigenvalue weighted by Crippen LogP contribution is -2.46. The molecular formula is C17H25NO3. The zero-order valence-electron chi connectivity index (χ0n) is 12.7. The second-order valence-electron chi connectivity index (χ2n) is 6.58. The van der Waals surface area contributed by atoms with Crippen LogP contribution in [0.15, 0.2) is 18.2 Å². The number of nitrogens with zero attached hydrogens (tertiary/aromatic N) is 1. The number of phenols is 1. The van der Waals surface area contributed by atoms with Crippen LogP contribution in [0.1, 0.15) is 37.7 Å². The maximum Gasteiger partial charge on any atom is 0.123 e. The number of aliphatic hydroxyl groups excluding tert-OH is 1. The zero-order chi connectivity index (χ0) is 14.9. The Morgan fingerprint density at radius 2 is 2.14 bits per heavy atom. The largest absolute Gasteiger partial charge is 0.508 e. The van der Waals surface area contributed by atoms with E-state index in [1.54, 1.807) is 19.2 Å². The lowest BCUT2D eigenvalue weighted by atomic mass is 9.76. The molecule has 1 aliphatic heterocycles. The number of phenolic OH excluding ortho intramolecular Hbond substituents is 1. The fraction of sp³-hybridized carbons (Fsp3) is 0.647. The van der Waals surface area contributed by atoms with E-state index in [9.17, 15) is 10.2 Å². The molecular weight excluding hydrogens is 266 g/mol. The first-order chi connectivity index (χ1) is 10.1. The summed E-state index contributed by atoms with van der Waals surface area (Å²) < 4.78 is 5.39. The summed E-state index contributed by atoms with van der Waals surface area (Å²) >= 11 is 0. The standard InChI is InChI=1S/C17H25NO3/c1-21-15-6-5-14(19)10-13(15)11-18-9-3-8-17(12-18)7-2-4-16(17)20/h5-6,10,16,19-20H,2-4,7-9,11-12H2,1H3/t16-,17-/m1/s1. The van der Waals surface area contributed by atoms with Crippen LogP contribution in [-0.2, 0) is 6.54 Å². The van der Waals surface area contributed by atoms with Crippen LogP contribution in [0.3, 0.4) is 0 Å². The van der Waals surface area contributed by atoms with Gasteiger partial charge in [0, 0.05) is 24.1 Å². The van der Waals surface area contributed by atoms with Gasteiger partial charge in [0.25, 0.3) is 0 Å². The summed E-state index contributed by atoms with van der Waals surface area (Å²) in [4.78, 5) is 2.40. The summed E-state index contributed by atoms with van der Waals surface area (Å²) in [5.74, 6) is 1.10. The third kappa shape index (κ3) is 2.87. The van der Waals surface area contributed by atoms with E-state index in [4.69, 9.17) is 4.74 Å². The van der Waals surface area contributed by atoms with E-state index in [2.05, 4.69) is 4.90 Å². The van der Waals surface area contributed by atoms with Crippen molar-refractivity contribution in [2.45, 2.75) is 44.8 Å². The molecule has 2 fully saturated rings. The molecule has 1 spiro atoms. The highest BCUT2D eigenvalue weighted by Gasteiger charge is 2.44. The van der Waals surface area contributed by atoms with Gasteiger partial charge in [-0.05, 0) is 50.4 Å². The monoisotopic (exact) mass is 291 g/mol. The van der Waals surface area contributed by atoms with E-state index in [1.807, 2.05) is 6.07 Å². The van der Waals surface area contributed by atoms with Crippen LogP contribution in [0, 0.1) is 5.41 Å². The Morgan fingerprint density at radius 1 is 1.33 bits per heavy atom. The molecule has 0 radical (unpaired) electrons. The second kappa shape index (κ2) is 5.85. The van der Waals surface area contributed by atoms with E-state index >= 15 is 0 Å². The third-order valence-electron chi connectivity index (χ3n) is 5.20. The van der Waals surface area contributed by atoms with E-state index in [1.165, 1.54) is 0 Å². The number of piperidine rings is 1. The first kappa shape index (κ1) is 14.7. The first-order valence-corrected chi connectivity index (χ1v) is 7.89. The Labute approximate surface area is 126 Å². The summed E-state index contributed by atoms with van der Waals surface area (Å²) in [6.45, 7) is 2.77. The number of rotatable bonds is 3. The quantitative estimate of drug-likeness (QED) is 0.898. The zero-order valence-corrected chi connectivity index (χ0v) is 12.7. The van der Waals surface area contributed by atoms with Crippen molar-refractivity contribution in [3.63, 3.8) is 0 Å². The maximum absolute atomic E-state index is 10.3. The number of aromatic hydroxyl groups is 1. The fourth-order valence-corrected chi connectivity index (χ4v) is 4.12. The SMILES string of the molecule is COc1ccc(O)cc1CN1CCC[C@]2(CCC[C@H]2O)C1. The van der Waals surface area contributed by atoms with Crippen molar-refractivity contribution in [1.82, 2.24) is 4.90 Å². The van der Waals surface area contributed by atoms with Crippen LogP contribution in [0.5, 0.6) is 11.5 Å². The molecule has 1 aromatic carbocycles. The van der Waals surface area contributed by atoms with Crippen LogP contribution in [0.25, 0.3) is 0 Å². The molecule has 2 atom stereocenters. The molecule has 116 valence electrons. The first-order valence-electron chi connectivity index (χ1n) is 7.89. The van der Waals surface area contributed by atoms with Crippen LogP contribution in [0.4, 0.5) is 0 Å². The minimum Gasteiger partial charge on any atom is -0.508 e. The van der Waals surface area contributed by atoms with E-state index < -0.39 is 0 Å². The smallest absolute Gasteiger partial charge is 0.123 e. The Morgan fingerprint density at radius 3 is 2.86 bits per heavy atom.